The molecule has 0 saturated carbocycles. The van der Waals surface area contributed by atoms with Crippen molar-refractivity contribution in [3.05, 3.63) is 71.4 Å². The Hall–Kier alpha value is -7.97. The lowest BCUT2D eigenvalue weighted by Crippen LogP contribution is -2.51. The molecule has 2 aromatic carbocycles. The maximum Gasteiger partial charge on any atom is 0.317 e. The Morgan fingerprint density at radius 1 is 0.730 bits per heavy atom. The van der Waals surface area contributed by atoms with Gasteiger partial charge in [0.25, 0.3) is 11.8 Å². The summed E-state index contributed by atoms with van der Waals surface area (Å²) in [6.45, 7) is 5.76. The minimum absolute atomic E-state index is 0.0121. The number of carbonyl (C=O) groups is 8. The van der Waals surface area contributed by atoms with Crippen LogP contribution in [0, 0.1) is 18.3 Å². The number of alkyl halides is 2. The highest BCUT2D eigenvalue weighted by atomic mass is 19.3. The molecule has 3 aliphatic rings. The van der Waals surface area contributed by atoms with Crippen molar-refractivity contribution in [3.8, 4) is 11.8 Å². The Labute approximate surface area is 517 Å². The summed E-state index contributed by atoms with van der Waals surface area (Å²) in [5.74, 6) is -7.63. The van der Waals surface area contributed by atoms with E-state index in [4.69, 9.17) is 4.74 Å². The summed E-state index contributed by atoms with van der Waals surface area (Å²) < 4.78 is 33.8. The van der Waals surface area contributed by atoms with Gasteiger partial charge in [0.2, 0.25) is 23.6 Å². The van der Waals surface area contributed by atoms with Crippen LogP contribution in [0.2, 0.25) is 0 Å². The van der Waals surface area contributed by atoms with Gasteiger partial charge in [0.1, 0.15) is 18.0 Å². The largest absolute Gasteiger partial charge is 0.494 e. The molecule has 3 aromatic rings. The lowest BCUT2D eigenvalue weighted by Gasteiger charge is -2.34. The lowest BCUT2D eigenvalue weighted by molar-refractivity contribution is -0.140. The minimum atomic E-state index is -3.17. The number of piperazine rings is 1. The van der Waals surface area contributed by atoms with Gasteiger partial charge in [-0.3, -0.25) is 73.3 Å². The van der Waals surface area contributed by atoms with E-state index in [2.05, 4.69) is 60.6 Å². The number of unbranched alkanes of at least 4 members (excludes halogenated alkanes) is 2. The first-order valence-corrected chi connectivity index (χ1v) is 30.5. The molecule has 0 aliphatic carbocycles. The van der Waals surface area contributed by atoms with Crippen LogP contribution in [0.5, 0.6) is 5.75 Å². The van der Waals surface area contributed by atoms with Crippen LogP contribution in [0.4, 0.5) is 8.78 Å². The summed E-state index contributed by atoms with van der Waals surface area (Å²) in [5.41, 5.74) is 6.12. The zero-order valence-corrected chi connectivity index (χ0v) is 50.8. The third kappa shape index (κ3) is 25.6. The Bertz CT molecular complexity index is 2880. The van der Waals surface area contributed by atoms with E-state index < -0.39 is 67.4 Å². The van der Waals surface area contributed by atoms with Crippen molar-refractivity contribution in [1.82, 2.24) is 60.7 Å². The molecule has 89 heavy (non-hydrogen) atoms. The van der Waals surface area contributed by atoms with E-state index in [9.17, 15) is 67.7 Å². The maximum atomic E-state index is 13.9. The summed E-state index contributed by atoms with van der Waals surface area (Å²) >= 11 is 0. The van der Waals surface area contributed by atoms with Gasteiger partial charge in [-0.25, -0.2) is 8.78 Å². The summed E-state index contributed by atoms with van der Waals surface area (Å²) in [6, 6.07) is 15.3. The first kappa shape index (κ1) is 70.1. The lowest BCUT2D eigenvalue weighted by atomic mass is 10.1. The molecule has 0 spiro atoms. The zero-order chi connectivity index (χ0) is 64.1. The first-order valence-electron chi connectivity index (χ1n) is 30.5. The first-order chi connectivity index (χ1) is 42.7. The monoisotopic (exact) mass is 1240 g/mol. The van der Waals surface area contributed by atoms with Crippen LogP contribution in [-0.4, -0.2) is 264 Å². The molecule has 7 N–H and O–H groups in total. The average molecular weight is 1250 g/mol. The quantitative estimate of drug-likeness (QED) is 0.0203. The minimum Gasteiger partial charge on any atom is -0.494 e. The van der Waals surface area contributed by atoms with Crippen LogP contribution in [-0.2, 0) is 40.0 Å². The summed E-state index contributed by atoms with van der Waals surface area (Å²) in [6.07, 6.45) is 7.36. The molecule has 5 amide bonds. The number of aliphatic carboxylic acids is 3. The average Bonchev–Trinajstić information content (AvgIpc) is 2.34. The number of rotatable bonds is 32. The molecule has 1 unspecified atom stereocenters. The number of aryl methyl sites for hydroxylation is 2. The van der Waals surface area contributed by atoms with Gasteiger partial charge in [-0.05, 0) is 94.7 Å². The van der Waals surface area contributed by atoms with Crippen molar-refractivity contribution in [1.29, 1.82) is 5.26 Å². The Kier molecular flexibility index (Phi) is 28.8. The number of fused-ring (bicyclic) bond motifs is 1. The van der Waals surface area contributed by atoms with Crippen LogP contribution >= 0.6 is 0 Å². The fourth-order valence-electron chi connectivity index (χ4n) is 10.8. The highest BCUT2D eigenvalue weighted by molar-refractivity contribution is 6.07. The number of ether oxygens (including phenoxy) is 1. The van der Waals surface area contributed by atoms with Gasteiger partial charge in [0, 0.05) is 122 Å². The molecule has 28 heteroatoms. The number of hydrazone groups is 1. The van der Waals surface area contributed by atoms with Gasteiger partial charge in [-0.15, -0.1) is 0 Å². The molecule has 0 bridgehead atoms. The molecule has 1 aromatic heterocycles. The fraction of sp³-hybridized carbons (Fsp3) is 0.590. The van der Waals surface area contributed by atoms with Gasteiger partial charge in [-0.2, -0.15) is 10.4 Å². The van der Waals surface area contributed by atoms with Crippen LogP contribution in [0.3, 0.4) is 0 Å². The third-order valence-corrected chi connectivity index (χ3v) is 15.7. The van der Waals surface area contributed by atoms with Crippen LogP contribution in [0.1, 0.15) is 85.7 Å². The predicted molar refractivity (Wildman–Crippen MR) is 325 cm³/mol. The summed E-state index contributed by atoms with van der Waals surface area (Å²) in [5, 5.41) is 51.4. The second-order valence-corrected chi connectivity index (χ2v) is 22.8. The number of carboxylic acid groups (broad SMARTS) is 3. The number of carboxylic acids is 3. The molecule has 6 rings (SSSR count). The molecule has 4 heterocycles. The van der Waals surface area contributed by atoms with E-state index in [-0.39, 0.29) is 108 Å². The SMILES string of the molecule is Cc1ccc(CCCC(=O)NCCCCC(N/N=C/CCC(=O)N2CCN(CCCCOc3ccc4nccc(C(=O)NCC(=O)N5CC(F)(F)C[C@@H]5C#N)c4c3)CC2)NC(=O)CN2CCN(CC(=O)O)CCN(CC(=O)O)CCN(CC(=O)O)CC2)cc1. The summed E-state index contributed by atoms with van der Waals surface area (Å²) in [7, 11) is 0. The van der Waals surface area contributed by atoms with E-state index >= 15 is 0 Å². The maximum absolute atomic E-state index is 13.9. The van der Waals surface area contributed by atoms with Crippen LogP contribution in [0.15, 0.2) is 59.8 Å². The van der Waals surface area contributed by atoms with Crippen molar-refractivity contribution < 1.29 is 67.2 Å². The van der Waals surface area contributed by atoms with Crippen molar-refractivity contribution in [2.45, 2.75) is 95.7 Å². The molecule has 3 fully saturated rings. The van der Waals surface area contributed by atoms with Crippen molar-refractivity contribution in [3.63, 3.8) is 0 Å². The number of hydrogen-bond donors (Lipinski definition) is 7. The van der Waals surface area contributed by atoms with Gasteiger partial charge < -0.3 is 45.8 Å². The van der Waals surface area contributed by atoms with E-state index in [0.29, 0.717) is 88.1 Å². The number of halogens is 2. The second-order valence-electron chi connectivity index (χ2n) is 22.8. The topological polar surface area (TPSA) is 326 Å². The molecular weight excluding hydrogens is 1160 g/mol. The van der Waals surface area contributed by atoms with Gasteiger partial charge in [0.15, 0.2) is 0 Å². The van der Waals surface area contributed by atoms with Crippen molar-refractivity contribution in [2.75, 3.05) is 138 Å². The molecule has 486 valence electrons. The van der Waals surface area contributed by atoms with Crippen molar-refractivity contribution >= 4 is 64.6 Å². The number of nitriles is 1. The highest BCUT2D eigenvalue weighted by Gasteiger charge is 2.47. The molecular formula is C61H86F2N14O12. The Morgan fingerprint density at radius 3 is 1.97 bits per heavy atom. The van der Waals surface area contributed by atoms with Crippen LogP contribution < -0.4 is 26.1 Å². The number of benzene rings is 2. The predicted octanol–water partition coefficient (Wildman–Crippen LogP) is 1.92. The van der Waals surface area contributed by atoms with E-state index in [1.807, 2.05) is 16.7 Å². The number of pyridine rings is 1. The smallest absolute Gasteiger partial charge is 0.317 e. The molecule has 26 nitrogen and oxygen atoms in total. The number of carbonyl (C=O) groups excluding carboxylic acids is 5. The molecule has 3 saturated heterocycles. The van der Waals surface area contributed by atoms with E-state index in [1.165, 1.54) is 23.4 Å². The Balaban J connectivity index is 0.936. The molecule has 3 aliphatic heterocycles. The number of nitrogens with one attached hydrogen (secondary N) is 4. The third-order valence-electron chi connectivity index (χ3n) is 15.7. The van der Waals surface area contributed by atoms with Gasteiger partial charge >= 0.3 is 17.9 Å². The number of hydrogen-bond acceptors (Lipinski definition) is 18. The zero-order valence-electron chi connectivity index (χ0n) is 50.8. The second kappa shape index (κ2) is 36.5. The van der Waals surface area contributed by atoms with Crippen molar-refractivity contribution in [2.24, 2.45) is 5.10 Å². The number of aromatic nitrogens is 1. The van der Waals surface area contributed by atoms with Gasteiger partial charge in [0.05, 0.1) is 63.0 Å². The highest BCUT2D eigenvalue weighted by Crippen LogP contribution is 2.32. The molecule has 2 atom stereocenters. The van der Waals surface area contributed by atoms with Gasteiger partial charge in [-0.1, -0.05) is 29.8 Å². The number of likely N-dealkylation sites (tertiary alicyclic amines) is 1. The standard InChI is InChI=1S/C61H86F2N14O12/c1-45-12-14-46(15-13-45)8-6-10-53(78)66-19-3-2-9-52(69-54(79)40-72-23-25-73(41-57(82)83)27-29-75(43-59(86)87)30-28-74(26-24-72)42-58(84)85)70-68-20-7-11-55(80)76-33-31-71(32-34-76)22-4-5-35-89-48-16-17-51-50(36-48)49(18-21-65-51)60(88)67-39-56(81)77-44-61(62,63)37-47(77)38-64/h12-18,20-21,36,47,52,70H,2-11,19,22-35,37,39-44H2,1H3,(H,66,78)(H,67,88)(H,69,79)(H,82,83)(H,84,85)(H,86,87)/b68-20+/t47-,52?/m1/s1. The Morgan fingerprint density at radius 2 is 1.35 bits per heavy atom. The number of amides is 5. The number of nitrogens with zero attached hydrogens (tertiary/aromatic N) is 10. The molecule has 0 radical (unpaired) electrons. The fourth-order valence-corrected chi connectivity index (χ4v) is 10.8. The van der Waals surface area contributed by atoms with E-state index in [1.54, 1.807) is 45.2 Å². The van der Waals surface area contributed by atoms with Crippen LogP contribution in [0.25, 0.3) is 10.9 Å². The van der Waals surface area contributed by atoms with E-state index in [0.717, 1.165) is 37.1 Å². The normalized spacial score (nSPS) is 17.9. The summed E-state index contributed by atoms with van der Waals surface area (Å²) in [4.78, 5) is 117.